The van der Waals surface area contributed by atoms with Crippen LogP contribution >= 0.6 is 11.6 Å². The van der Waals surface area contributed by atoms with Gasteiger partial charge in [0.15, 0.2) is 0 Å². The topological polar surface area (TPSA) is 55.8 Å². The van der Waals surface area contributed by atoms with Gasteiger partial charge in [0.2, 0.25) is 0 Å². The van der Waals surface area contributed by atoms with Gasteiger partial charge < -0.3 is 9.47 Å². The average molecular weight is 418 g/mol. The van der Waals surface area contributed by atoms with Crippen LogP contribution in [0.15, 0.2) is 77.7 Å². The lowest BCUT2D eigenvalue weighted by molar-refractivity contribution is 0.413. The molecule has 3 aromatic rings. The van der Waals surface area contributed by atoms with Gasteiger partial charge in [-0.3, -0.25) is 4.31 Å². The molecule has 0 fully saturated rings. The number of halogens is 1. The number of ether oxygens (including phenoxy) is 2. The van der Waals surface area contributed by atoms with E-state index in [0.29, 0.717) is 22.2 Å². The van der Waals surface area contributed by atoms with E-state index in [9.17, 15) is 8.42 Å². The standard InChI is InChI=1S/C21H20ClNO4S/c1-26-19-6-3-5-18(13-19)23(15-16-9-11-17(22)12-10-16)28(24,25)21-8-4-7-20(14-21)27-2/h3-14H,15H2,1-2H3. The van der Waals surface area contributed by atoms with E-state index in [1.54, 1.807) is 73.8 Å². The molecule has 0 spiro atoms. The third-order valence-electron chi connectivity index (χ3n) is 4.21. The number of rotatable bonds is 7. The summed E-state index contributed by atoms with van der Waals surface area (Å²) in [4.78, 5) is 0.142. The van der Waals surface area contributed by atoms with E-state index in [1.165, 1.54) is 17.5 Å². The second kappa shape index (κ2) is 8.54. The van der Waals surface area contributed by atoms with Gasteiger partial charge in [-0.1, -0.05) is 35.9 Å². The second-order valence-corrected chi connectivity index (χ2v) is 8.32. The van der Waals surface area contributed by atoms with E-state index in [-0.39, 0.29) is 11.4 Å². The molecule has 3 aromatic carbocycles. The van der Waals surface area contributed by atoms with Crippen molar-refractivity contribution in [3.63, 3.8) is 0 Å². The van der Waals surface area contributed by atoms with Crippen molar-refractivity contribution < 1.29 is 17.9 Å². The molecule has 0 aliphatic rings. The summed E-state index contributed by atoms with van der Waals surface area (Å²) in [5, 5.41) is 0.590. The molecule has 7 heteroatoms. The van der Waals surface area contributed by atoms with Crippen molar-refractivity contribution in [1.82, 2.24) is 0 Å². The molecule has 5 nitrogen and oxygen atoms in total. The first-order valence-corrected chi connectivity index (χ1v) is 10.3. The number of hydrogen-bond donors (Lipinski definition) is 0. The highest BCUT2D eigenvalue weighted by atomic mass is 35.5. The van der Waals surface area contributed by atoms with Gasteiger partial charge in [-0.2, -0.15) is 0 Å². The second-order valence-electron chi connectivity index (χ2n) is 6.02. The Hall–Kier alpha value is -2.70. The minimum atomic E-state index is -3.86. The summed E-state index contributed by atoms with van der Waals surface area (Å²) >= 11 is 5.96. The fourth-order valence-corrected chi connectivity index (χ4v) is 4.33. The number of benzene rings is 3. The molecule has 146 valence electrons. The molecule has 0 atom stereocenters. The molecular weight excluding hydrogens is 398 g/mol. The fraction of sp³-hybridized carbons (Fsp3) is 0.143. The van der Waals surface area contributed by atoms with Crippen molar-refractivity contribution in [2.45, 2.75) is 11.4 Å². The molecule has 0 radical (unpaired) electrons. The fourth-order valence-electron chi connectivity index (χ4n) is 2.73. The van der Waals surface area contributed by atoms with E-state index >= 15 is 0 Å². The smallest absolute Gasteiger partial charge is 0.264 e. The van der Waals surface area contributed by atoms with Crippen molar-refractivity contribution >= 4 is 27.3 Å². The van der Waals surface area contributed by atoms with Crippen LogP contribution in [-0.4, -0.2) is 22.6 Å². The summed E-state index contributed by atoms with van der Waals surface area (Å²) in [7, 11) is -0.815. The van der Waals surface area contributed by atoms with Crippen LogP contribution in [0, 0.1) is 0 Å². The van der Waals surface area contributed by atoms with Crippen LogP contribution in [0.2, 0.25) is 5.02 Å². The molecule has 0 saturated carbocycles. The van der Waals surface area contributed by atoms with E-state index in [0.717, 1.165) is 5.56 Å². The Morgan fingerprint density at radius 2 is 1.46 bits per heavy atom. The number of anilines is 1. The summed E-state index contributed by atoms with van der Waals surface area (Å²) in [5.74, 6) is 1.04. The number of sulfonamides is 1. The molecular formula is C21H20ClNO4S. The van der Waals surface area contributed by atoms with Gasteiger partial charge in [0.25, 0.3) is 10.0 Å². The van der Waals surface area contributed by atoms with Crippen LogP contribution in [0.5, 0.6) is 11.5 Å². The summed E-state index contributed by atoms with van der Waals surface area (Å²) in [5.41, 5.74) is 1.30. The molecule has 0 heterocycles. The Bertz CT molecular complexity index is 1050. The molecule has 3 rings (SSSR count). The largest absolute Gasteiger partial charge is 0.497 e. The van der Waals surface area contributed by atoms with Crippen LogP contribution in [0.4, 0.5) is 5.69 Å². The maximum Gasteiger partial charge on any atom is 0.264 e. The Morgan fingerprint density at radius 3 is 2.11 bits per heavy atom. The molecule has 0 saturated heterocycles. The lowest BCUT2D eigenvalue weighted by atomic mass is 10.2. The SMILES string of the molecule is COc1cccc(N(Cc2ccc(Cl)cc2)S(=O)(=O)c2cccc(OC)c2)c1. The van der Waals surface area contributed by atoms with E-state index in [1.807, 2.05) is 0 Å². The highest BCUT2D eigenvalue weighted by molar-refractivity contribution is 7.92. The van der Waals surface area contributed by atoms with Gasteiger partial charge >= 0.3 is 0 Å². The predicted molar refractivity (Wildman–Crippen MR) is 111 cm³/mol. The Labute approximate surface area is 170 Å². The molecule has 0 aliphatic heterocycles. The third kappa shape index (κ3) is 4.40. The highest BCUT2D eigenvalue weighted by Crippen LogP contribution is 2.30. The van der Waals surface area contributed by atoms with Gasteiger partial charge in [0, 0.05) is 17.2 Å². The molecule has 28 heavy (non-hydrogen) atoms. The number of hydrogen-bond acceptors (Lipinski definition) is 4. The van der Waals surface area contributed by atoms with Crippen molar-refractivity contribution in [3.05, 3.63) is 83.4 Å². The number of methoxy groups -OCH3 is 2. The molecule has 0 aromatic heterocycles. The third-order valence-corrected chi connectivity index (χ3v) is 6.23. The van der Waals surface area contributed by atoms with Crippen molar-refractivity contribution in [3.8, 4) is 11.5 Å². The lowest BCUT2D eigenvalue weighted by Gasteiger charge is -2.25. The molecule has 0 N–H and O–H groups in total. The molecule has 0 amide bonds. The van der Waals surface area contributed by atoms with Gasteiger partial charge in [0.05, 0.1) is 31.3 Å². The zero-order valence-electron chi connectivity index (χ0n) is 15.5. The molecule has 0 aliphatic carbocycles. The van der Waals surface area contributed by atoms with Crippen LogP contribution in [0.25, 0.3) is 0 Å². The monoisotopic (exact) mass is 417 g/mol. The van der Waals surface area contributed by atoms with Crippen molar-refractivity contribution in [2.24, 2.45) is 0 Å². The van der Waals surface area contributed by atoms with Gasteiger partial charge in [0.1, 0.15) is 11.5 Å². The van der Waals surface area contributed by atoms with E-state index in [4.69, 9.17) is 21.1 Å². The Balaban J connectivity index is 2.09. The summed E-state index contributed by atoms with van der Waals surface area (Å²) in [6.45, 7) is 0.143. The normalized spacial score (nSPS) is 11.1. The van der Waals surface area contributed by atoms with Crippen molar-refractivity contribution in [1.29, 1.82) is 0 Å². The molecule has 0 unspecified atom stereocenters. The first-order chi connectivity index (χ1) is 13.4. The Morgan fingerprint density at radius 1 is 0.857 bits per heavy atom. The van der Waals surface area contributed by atoms with Crippen LogP contribution < -0.4 is 13.8 Å². The van der Waals surface area contributed by atoms with Crippen LogP contribution in [-0.2, 0) is 16.6 Å². The minimum absolute atomic E-state index is 0.142. The maximum atomic E-state index is 13.5. The first kappa shape index (κ1) is 20.0. The summed E-state index contributed by atoms with van der Waals surface area (Å²) in [6.07, 6.45) is 0. The zero-order valence-corrected chi connectivity index (χ0v) is 17.1. The lowest BCUT2D eigenvalue weighted by Crippen LogP contribution is -2.30. The van der Waals surface area contributed by atoms with Gasteiger partial charge in [-0.25, -0.2) is 8.42 Å². The summed E-state index contributed by atoms with van der Waals surface area (Å²) < 4.78 is 38.7. The van der Waals surface area contributed by atoms with Crippen LogP contribution in [0.1, 0.15) is 5.56 Å². The minimum Gasteiger partial charge on any atom is -0.497 e. The number of nitrogens with zero attached hydrogens (tertiary/aromatic N) is 1. The van der Waals surface area contributed by atoms with Gasteiger partial charge in [-0.05, 0) is 42.0 Å². The van der Waals surface area contributed by atoms with Gasteiger partial charge in [-0.15, -0.1) is 0 Å². The molecule has 0 bridgehead atoms. The van der Waals surface area contributed by atoms with Crippen LogP contribution in [0.3, 0.4) is 0 Å². The average Bonchev–Trinajstić information content (AvgIpc) is 2.73. The zero-order chi connectivity index (χ0) is 20.1. The predicted octanol–water partition coefficient (Wildman–Crippen LogP) is 4.75. The maximum absolute atomic E-state index is 13.5. The first-order valence-electron chi connectivity index (χ1n) is 8.49. The summed E-state index contributed by atoms with van der Waals surface area (Å²) in [6, 6.07) is 20.4. The van der Waals surface area contributed by atoms with Crippen molar-refractivity contribution in [2.75, 3.05) is 18.5 Å². The van der Waals surface area contributed by atoms with E-state index < -0.39 is 10.0 Å². The van der Waals surface area contributed by atoms with E-state index in [2.05, 4.69) is 0 Å². The highest BCUT2D eigenvalue weighted by Gasteiger charge is 2.26. The Kier molecular flexibility index (Phi) is 6.11. The quantitative estimate of drug-likeness (QED) is 0.556.